The zero-order valence-electron chi connectivity index (χ0n) is 15.3. The average Bonchev–Trinajstić information content (AvgIpc) is 2.65. The van der Waals surface area contributed by atoms with Gasteiger partial charge in [0.1, 0.15) is 0 Å². The highest BCUT2D eigenvalue weighted by Crippen LogP contribution is 2.21. The minimum Gasteiger partial charge on any atom is -0.369 e. The van der Waals surface area contributed by atoms with Crippen molar-refractivity contribution < 1.29 is 8.42 Å². The highest BCUT2D eigenvalue weighted by Gasteiger charge is 2.18. The molecule has 1 aliphatic rings. The van der Waals surface area contributed by atoms with Crippen LogP contribution in [0.5, 0.6) is 0 Å². The predicted molar refractivity (Wildman–Crippen MR) is 108 cm³/mol. The van der Waals surface area contributed by atoms with Gasteiger partial charge in [0.05, 0.1) is 4.90 Å². The number of nitrogens with zero attached hydrogens (tertiary/aromatic N) is 3. The SMILES string of the molecule is CS(=O)(=O)c1cccc(N2CCN(CCCSc3nccc(=O)[nH]3)CC2)c1. The molecule has 1 N–H and O–H groups in total. The van der Waals surface area contributed by atoms with E-state index in [9.17, 15) is 13.2 Å². The Hall–Kier alpha value is -1.84. The van der Waals surface area contributed by atoms with Crippen LogP contribution in [0.1, 0.15) is 6.42 Å². The Bertz CT molecular complexity index is 922. The number of piperazine rings is 1. The van der Waals surface area contributed by atoms with Gasteiger partial charge < -0.3 is 9.88 Å². The number of benzene rings is 1. The summed E-state index contributed by atoms with van der Waals surface area (Å²) in [5.41, 5.74) is 0.843. The summed E-state index contributed by atoms with van der Waals surface area (Å²) >= 11 is 1.56. The maximum atomic E-state index is 11.7. The predicted octanol–water partition coefficient (Wildman–Crippen LogP) is 1.48. The molecule has 7 nitrogen and oxygen atoms in total. The van der Waals surface area contributed by atoms with Gasteiger partial charge in [-0.2, -0.15) is 0 Å². The summed E-state index contributed by atoms with van der Waals surface area (Å²) in [7, 11) is -3.18. The molecule has 0 radical (unpaired) electrons. The van der Waals surface area contributed by atoms with E-state index in [1.807, 2.05) is 6.07 Å². The van der Waals surface area contributed by atoms with Crippen LogP contribution in [0.4, 0.5) is 5.69 Å². The zero-order valence-corrected chi connectivity index (χ0v) is 16.9. The molecule has 1 aromatic carbocycles. The molecule has 2 heterocycles. The number of thioether (sulfide) groups is 1. The van der Waals surface area contributed by atoms with Crippen molar-refractivity contribution in [2.24, 2.45) is 0 Å². The zero-order chi connectivity index (χ0) is 19.3. The number of hydrogen-bond acceptors (Lipinski definition) is 7. The minimum absolute atomic E-state index is 0.122. The molecule has 0 saturated carbocycles. The first kappa shape index (κ1) is 19.9. The lowest BCUT2D eigenvalue weighted by Gasteiger charge is -2.36. The second kappa shape index (κ2) is 8.90. The standard InChI is InChI=1S/C18H24N4O3S2/c1-27(24,25)16-5-2-4-15(14-16)22-11-9-21(10-12-22)8-3-13-26-18-19-7-6-17(23)20-18/h2,4-7,14H,3,8-13H2,1H3,(H,19,20,23). The molecule has 0 amide bonds. The molecule has 1 fully saturated rings. The first-order chi connectivity index (χ1) is 12.9. The Morgan fingerprint density at radius 2 is 1.96 bits per heavy atom. The lowest BCUT2D eigenvalue weighted by Crippen LogP contribution is -2.46. The van der Waals surface area contributed by atoms with Gasteiger partial charge in [-0.15, -0.1) is 0 Å². The smallest absolute Gasteiger partial charge is 0.251 e. The van der Waals surface area contributed by atoms with Gasteiger partial charge in [0.2, 0.25) is 0 Å². The summed E-state index contributed by atoms with van der Waals surface area (Å²) in [6, 6.07) is 8.58. The van der Waals surface area contributed by atoms with E-state index in [4.69, 9.17) is 0 Å². The number of hydrogen-bond donors (Lipinski definition) is 1. The van der Waals surface area contributed by atoms with Crippen molar-refractivity contribution in [1.82, 2.24) is 14.9 Å². The number of aromatic nitrogens is 2. The maximum Gasteiger partial charge on any atom is 0.251 e. The van der Waals surface area contributed by atoms with Crippen LogP contribution in [-0.2, 0) is 9.84 Å². The van der Waals surface area contributed by atoms with Gasteiger partial charge in [-0.05, 0) is 31.2 Å². The van der Waals surface area contributed by atoms with Gasteiger partial charge in [0.15, 0.2) is 15.0 Å². The van der Waals surface area contributed by atoms with Crippen molar-refractivity contribution >= 4 is 27.3 Å². The summed E-state index contributed by atoms with van der Waals surface area (Å²) in [5, 5.41) is 0.665. The Kier molecular flexibility index (Phi) is 6.56. The average molecular weight is 409 g/mol. The van der Waals surface area contributed by atoms with Crippen LogP contribution in [0.2, 0.25) is 0 Å². The van der Waals surface area contributed by atoms with E-state index < -0.39 is 9.84 Å². The third-order valence-electron chi connectivity index (χ3n) is 4.49. The van der Waals surface area contributed by atoms with E-state index in [2.05, 4.69) is 19.8 Å². The molecule has 0 spiro atoms. The molecule has 2 aromatic rings. The highest BCUT2D eigenvalue weighted by molar-refractivity contribution is 7.99. The van der Waals surface area contributed by atoms with Gasteiger partial charge in [-0.3, -0.25) is 9.69 Å². The van der Waals surface area contributed by atoms with Crippen LogP contribution < -0.4 is 10.5 Å². The quantitative estimate of drug-likeness (QED) is 0.422. The number of nitrogens with one attached hydrogen (secondary N) is 1. The van der Waals surface area contributed by atoms with Gasteiger partial charge in [0.25, 0.3) is 5.56 Å². The van der Waals surface area contributed by atoms with E-state index in [1.165, 1.54) is 18.5 Å². The van der Waals surface area contributed by atoms with E-state index in [1.54, 1.807) is 30.0 Å². The molecule has 9 heteroatoms. The summed E-state index contributed by atoms with van der Waals surface area (Å²) in [6.07, 6.45) is 3.79. The van der Waals surface area contributed by atoms with Gasteiger partial charge in [-0.25, -0.2) is 13.4 Å². The Morgan fingerprint density at radius 1 is 1.19 bits per heavy atom. The highest BCUT2D eigenvalue weighted by atomic mass is 32.2. The van der Waals surface area contributed by atoms with Crippen LogP contribution in [0.3, 0.4) is 0 Å². The molecule has 0 atom stereocenters. The number of sulfone groups is 1. The van der Waals surface area contributed by atoms with Crippen LogP contribution >= 0.6 is 11.8 Å². The van der Waals surface area contributed by atoms with E-state index in [0.717, 1.165) is 50.6 Å². The molecule has 1 saturated heterocycles. The second-order valence-corrected chi connectivity index (χ2v) is 9.64. The molecule has 3 rings (SSSR count). The number of aromatic amines is 1. The number of rotatable bonds is 7. The molecule has 146 valence electrons. The fraction of sp³-hybridized carbons (Fsp3) is 0.444. The number of H-pyrrole nitrogens is 1. The normalized spacial score (nSPS) is 15.8. The summed E-state index contributed by atoms with van der Waals surface area (Å²) < 4.78 is 23.5. The molecule has 0 bridgehead atoms. The second-order valence-electron chi connectivity index (χ2n) is 6.54. The maximum absolute atomic E-state index is 11.7. The molecule has 27 heavy (non-hydrogen) atoms. The molecule has 1 aliphatic heterocycles. The van der Waals surface area contributed by atoms with Crippen molar-refractivity contribution in [2.75, 3.05) is 49.6 Å². The van der Waals surface area contributed by atoms with Crippen LogP contribution in [0.15, 0.2) is 51.4 Å². The first-order valence-electron chi connectivity index (χ1n) is 8.87. The van der Waals surface area contributed by atoms with Crippen molar-refractivity contribution in [3.8, 4) is 0 Å². The first-order valence-corrected chi connectivity index (χ1v) is 11.7. The van der Waals surface area contributed by atoms with E-state index in [-0.39, 0.29) is 5.56 Å². The van der Waals surface area contributed by atoms with Gasteiger partial charge >= 0.3 is 0 Å². The molecule has 0 aliphatic carbocycles. The minimum atomic E-state index is -3.18. The van der Waals surface area contributed by atoms with Crippen molar-refractivity contribution in [3.05, 3.63) is 46.9 Å². The fourth-order valence-corrected chi connectivity index (χ4v) is 4.46. The largest absolute Gasteiger partial charge is 0.369 e. The van der Waals surface area contributed by atoms with Gasteiger partial charge in [-0.1, -0.05) is 17.8 Å². The Labute approximate surface area is 163 Å². The molecule has 0 unspecified atom stereocenters. The van der Waals surface area contributed by atoms with Crippen molar-refractivity contribution in [1.29, 1.82) is 0 Å². The lowest BCUT2D eigenvalue weighted by atomic mass is 10.2. The van der Waals surface area contributed by atoms with Gasteiger partial charge in [0, 0.05) is 56.1 Å². The molecule has 1 aromatic heterocycles. The summed E-state index contributed by atoms with van der Waals surface area (Å²) in [6.45, 7) is 4.67. The van der Waals surface area contributed by atoms with Crippen LogP contribution in [-0.4, -0.2) is 68.0 Å². The van der Waals surface area contributed by atoms with Crippen molar-refractivity contribution in [3.63, 3.8) is 0 Å². The lowest BCUT2D eigenvalue weighted by molar-refractivity contribution is 0.259. The van der Waals surface area contributed by atoms with E-state index >= 15 is 0 Å². The van der Waals surface area contributed by atoms with Crippen molar-refractivity contribution in [2.45, 2.75) is 16.5 Å². The van der Waals surface area contributed by atoms with Crippen LogP contribution in [0, 0.1) is 0 Å². The number of anilines is 1. The third-order valence-corrected chi connectivity index (χ3v) is 6.57. The monoisotopic (exact) mass is 408 g/mol. The molecular weight excluding hydrogens is 384 g/mol. The van der Waals surface area contributed by atoms with Crippen LogP contribution in [0.25, 0.3) is 0 Å². The Balaban J connectivity index is 1.43. The topological polar surface area (TPSA) is 86.4 Å². The summed E-state index contributed by atoms with van der Waals surface area (Å²) in [5.74, 6) is 0.906. The molecular formula is C18H24N4O3S2. The third kappa shape index (κ3) is 5.82. The van der Waals surface area contributed by atoms with E-state index in [0.29, 0.717) is 10.1 Å². The Morgan fingerprint density at radius 3 is 2.67 bits per heavy atom. The fourth-order valence-electron chi connectivity index (χ4n) is 3.02. The summed E-state index contributed by atoms with van der Waals surface area (Å²) in [4.78, 5) is 23.1.